The van der Waals surface area contributed by atoms with E-state index in [1.165, 1.54) is 0 Å². The van der Waals surface area contributed by atoms with Crippen molar-refractivity contribution in [2.75, 3.05) is 33.4 Å². The first kappa shape index (κ1) is 16.7. The molecule has 0 bridgehead atoms. The maximum Gasteiger partial charge on any atom is 0.249 e. The monoisotopic (exact) mass is 292 g/mol. The van der Waals surface area contributed by atoms with Crippen LogP contribution in [0.4, 0.5) is 0 Å². The minimum Gasteiger partial charge on any atom is -0.383 e. The molecule has 112 valence electrons. The molecule has 2 aliphatic rings. The number of nitrogens with one attached hydrogen (secondary N) is 2. The molecule has 6 heteroatoms. The minimum absolute atomic E-state index is 0. The molecule has 0 saturated carbocycles. The normalized spacial score (nSPS) is 30.7. The van der Waals surface area contributed by atoms with E-state index in [-0.39, 0.29) is 30.0 Å². The smallest absolute Gasteiger partial charge is 0.249 e. The maximum absolute atomic E-state index is 12.0. The highest BCUT2D eigenvalue weighted by Gasteiger charge is 2.34. The van der Waals surface area contributed by atoms with Crippen LogP contribution in [0.5, 0.6) is 0 Å². The molecule has 1 amide bonds. The average molecular weight is 293 g/mol. The molecule has 0 aromatic rings. The van der Waals surface area contributed by atoms with Gasteiger partial charge in [0.05, 0.1) is 12.1 Å². The molecule has 2 atom stereocenters. The lowest BCUT2D eigenvalue weighted by Crippen LogP contribution is -2.54. The van der Waals surface area contributed by atoms with E-state index in [9.17, 15) is 4.79 Å². The Morgan fingerprint density at radius 3 is 2.89 bits per heavy atom. The average Bonchev–Trinajstić information content (AvgIpc) is 2.87. The van der Waals surface area contributed by atoms with Crippen molar-refractivity contribution in [3.63, 3.8) is 0 Å². The van der Waals surface area contributed by atoms with Crippen LogP contribution in [-0.2, 0) is 14.3 Å². The summed E-state index contributed by atoms with van der Waals surface area (Å²) >= 11 is 0. The minimum atomic E-state index is -0.250. The highest BCUT2D eigenvalue weighted by Crippen LogP contribution is 2.19. The van der Waals surface area contributed by atoms with Gasteiger partial charge in [-0.25, -0.2) is 0 Å². The van der Waals surface area contributed by atoms with Crippen LogP contribution in [0.3, 0.4) is 0 Å². The van der Waals surface area contributed by atoms with E-state index in [1.807, 2.05) is 0 Å². The second kappa shape index (κ2) is 8.04. The first-order valence-corrected chi connectivity index (χ1v) is 6.89. The zero-order chi connectivity index (χ0) is 12.8. The number of ether oxygens (including phenoxy) is 2. The Balaban J connectivity index is 0.00000180. The van der Waals surface area contributed by atoms with Crippen LogP contribution < -0.4 is 10.6 Å². The third kappa shape index (κ3) is 4.60. The van der Waals surface area contributed by atoms with Gasteiger partial charge in [-0.05, 0) is 38.6 Å². The van der Waals surface area contributed by atoms with Crippen molar-refractivity contribution in [3.05, 3.63) is 0 Å². The lowest BCUT2D eigenvalue weighted by atomic mass is 9.98. The van der Waals surface area contributed by atoms with Gasteiger partial charge in [0.15, 0.2) is 0 Å². The van der Waals surface area contributed by atoms with Crippen molar-refractivity contribution in [1.82, 2.24) is 10.6 Å². The van der Waals surface area contributed by atoms with Crippen LogP contribution in [0.1, 0.15) is 32.1 Å². The zero-order valence-corrected chi connectivity index (χ0v) is 12.4. The molecule has 0 spiro atoms. The van der Waals surface area contributed by atoms with E-state index in [4.69, 9.17) is 9.47 Å². The third-order valence-electron chi connectivity index (χ3n) is 3.83. The zero-order valence-electron chi connectivity index (χ0n) is 11.6. The molecular weight excluding hydrogens is 268 g/mol. The standard InChI is InChI=1S/C13H24N2O3.ClH/c1-17-10-13(6-4-7-15-13)9-14-12(16)11-5-2-3-8-18-11;/h11,15H,2-10H2,1H3,(H,14,16);1H. The number of carbonyl (C=O) groups is 1. The van der Waals surface area contributed by atoms with Crippen molar-refractivity contribution in [3.8, 4) is 0 Å². The molecular formula is C13H25ClN2O3. The largest absolute Gasteiger partial charge is 0.383 e. The lowest BCUT2D eigenvalue weighted by molar-refractivity contribution is -0.135. The molecule has 2 rings (SSSR count). The quantitative estimate of drug-likeness (QED) is 0.789. The first-order valence-electron chi connectivity index (χ1n) is 6.89. The van der Waals surface area contributed by atoms with Gasteiger partial charge in [-0.15, -0.1) is 12.4 Å². The van der Waals surface area contributed by atoms with Crippen molar-refractivity contribution >= 4 is 18.3 Å². The highest BCUT2D eigenvalue weighted by atomic mass is 35.5. The van der Waals surface area contributed by atoms with Crippen molar-refractivity contribution in [1.29, 1.82) is 0 Å². The molecule has 2 heterocycles. The summed E-state index contributed by atoms with van der Waals surface area (Å²) in [5.41, 5.74) is -0.0842. The summed E-state index contributed by atoms with van der Waals surface area (Å²) in [5.74, 6) is 0.0267. The molecule has 0 aromatic heterocycles. The summed E-state index contributed by atoms with van der Waals surface area (Å²) in [6.07, 6.45) is 4.93. The molecule has 5 nitrogen and oxygen atoms in total. The number of rotatable bonds is 5. The number of hydrogen-bond donors (Lipinski definition) is 2. The number of carbonyl (C=O) groups excluding carboxylic acids is 1. The summed E-state index contributed by atoms with van der Waals surface area (Å²) in [4.78, 5) is 12.0. The fourth-order valence-electron chi connectivity index (χ4n) is 2.79. The van der Waals surface area contributed by atoms with Gasteiger partial charge in [0, 0.05) is 20.3 Å². The Labute approximate surface area is 121 Å². The van der Waals surface area contributed by atoms with E-state index >= 15 is 0 Å². The Morgan fingerprint density at radius 1 is 1.47 bits per heavy atom. The van der Waals surface area contributed by atoms with Gasteiger partial charge >= 0.3 is 0 Å². The van der Waals surface area contributed by atoms with Gasteiger partial charge in [0.25, 0.3) is 0 Å². The maximum atomic E-state index is 12.0. The number of halogens is 1. The predicted molar refractivity (Wildman–Crippen MR) is 75.7 cm³/mol. The Morgan fingerprint density at radius 2 is 2.32 bits per heavy atom. The van der Waals surface area contributed by atoms with E-state index in [2.05, 4.69) is 10.6 Å². The van der Waals surface area contributed by atoms with Crippen LogP contribution in [0.2, 0.25) is 0 Å². The molecule has 2 fully saturated rings. The van der Waals surface area contributed by atoms with Crippen molar-refractivity contribution in [2.24, 2.45) is 0 Å². The fourth-order valence-corrected chi connectivity index (χ4v) is 2.79. The van der Waals surface area contributed by atoms with Crippen LogP contribution >= 0.6 is 12.4 Å². The molecule has 0 aromatic carbocycles. The summed E-state index contributed by atoms with van der Waals surface area (Å²) < 4.78 is 10.7. The Hall–Kier alpha value is -0.360. The summed E-state index contributed by atoms with van der Waals surface area (Å²) in [5, 5.41) is 6.46. The van der Waals surface area contributed by atoms with Gasteiger partial charge in [-0.3, -0.25) is 4.79 Å². The van der Waals surface area contributed by atoms with Gasteiger partial charge in [-0.1, -0.05) is 0 Å². The summed E-state index contributed by atoms with van der Waals surface area (Å²) in [7, 11) is 1.70. The molecule has 2 saturated heterocycles. The second-order valence-electron chi connectivity index (χ2n) is 5.32. The SMILES string of the molecule is COCC1(CNC(=O)C2CCCCO2)CCCN1.Cl. The molecule has 2 unspecified atom stereocenters. The van der Waals surface area contributed by atoms with E-state index < -0.39 is 0 Å². The Bertz CT molecular complexity index is 277. The topological polar surface area (TPSA) is 59.6 Å². The van der Waals surface area contributed by atoms with Gasteiger partial charge in [0.1, 0.15) is 6.10 Å². The number of methoxy groups -OCH3 is 1. The van der Waals surface area contributed by atoms with E-state index in [0.29, 0.717) is 19.8 Å². The first-order chi connectivity index (χ1) is 8.76. The third-order valence-corrected chi connectivity index (χ3v) is 3.83. The number of hydrogen-bond acceptors (Lipinski definition) is 4. The van der Waals surface area contributed by atoms with Crippen LogP contribution in [0.15, 0.2) is 0 Å². The summed E-state index contributed by atoms with van der Waals surface area (Å²) in [6.45, 7) is 2.97. The van der Waals surface area contributed by atoms with Gasteiger partial charge in [0.2, 0.25) is 5.91 Å². The second-order valence-corrected chi connectivity index (χ2v) is 5.32. The van der Waals surface area contributed by atoms with Crippen LogP contribution in [0.25, 0.3) is 0 Å². The molecule has 2 N–H and O–H groups in total. The molecule has 0 radical (unpaired) electrons. The van der Waals surface area contributed by atoms with Gasteiger partial charge in [-0.2, -0.15) is 0 Å². The fraction of sp³-hybridized carbons (Fsp3) is 0.923. The van der Waals surface area contributed by atoms with Crippen molar-refractivity contribution in [2.45, 2.75) is 43.7 Å². The molecule has 19 heavy (non-hydrogen) atoms. The number of amides is 1. The highest BCUT2D eigenvalue weighted by molar-refractivity contribution is 5.85. The molecule has 2 aliphatic heterocycles. The summed E-state index contributed by atoms with van der Waals surface area (Å²) in [6, 6.07) is 0. The lowest BCUT2D eigenvalue weighted by Gasteiger charge is -2.30. The van der Waals surface area contributed by atoms with E-state index in [0.717, 1.165) is 38.6 Å². The van der Waals surface area contributed by atoms with Crippen LogP contribution in [-0.4, -0.2) is 51.0 Å². The molecule has 0 aliphatic carbocycles. The predicted octanol–water partition coefficient (Wildman–Crippen LogP) is 0.862. The van der Waals surface area contributed by atoms with Crippen molar-refractivity contribution < 1.29 is 14.3 Å². The van der Waals surface area contributed by atoms with Crippen LogP contribution in [0, 0.1) is 0 Å². The Kier molecular flexibility index (Phi) is 7.07. The van der Waals surface area contributed by atoms with E-state index in [1.54, 1.807) is 7.11 Å². The van der Waals surface area contributed by atoms with Gasteiger partial charge < -0.3 is 20.1 Å².